The van der Waals surface area contributed by atoms with E-state index < -0.39 is 11.4 Å². The van der Waals surface area contributed by atoms with Crippen molar-refractivity contribution in [1.29, 1.82) is 0 Å². The summed E-state index contributed by atoms with van der Waals surface area (Å²) in [5.74, 6) is 0.401. The van der Waals surface area contributed by atoms with Gasteiger partial charge in [-0.2, -0.15) is 4.58 Å². The molecule has 0 saturated carbocycles. The third kappa shape index (κ3) is 5.24. The Kier molecular flexibility index (Phi) is 7.37. The molecule has 3 aliphatic rings. The first kappa shape index (κ1) is 29.3. The van der Waals surface area contributed by atoms with Crippen LogP contribution < -0.4 is 0 Å². The maximum absolute atomic E-state index is 13.4. The van der Waals surface area contributed by atoms with Gasteiger partial charge in [-0.3, -0.25) is 4.79 Å². The van der Waals surface area contributed by atoms with E-state index in [9.17, 15) is 19.8 Å². The summed E-state index contributed by atoms with van der Waals surface area (Å²) in [5.41, 5.74) is 3.30. The number of fused-ring (bicyclic) bond motifs is 1. The summed E-state index contributed by atoms with van der Waals surface area (Å²) < 4.78 is 8.38. The van der Waals surface area contributed by atoms with Crippen molar-refractivity contribution < 1.29 is 29.1 Å². The van der Waals surface area contributed by atoms with Crippen LogP contribution in [-0.4, -0.2) is 38.8 Å². The molecule has 0 atom stereocenters. The van der Waals surface area contributed by atoms with Gasteiger partial charge in [0.25, 0.3) is 0 Å². The fourth-order valence-corrected chi connectivity index (χ4v) is 5.18. The number of unbranched alkanes of at least 4 members (excludes halogenated alkanes) is 1. The second-order valence-electron chi connectivity index (χ2n) is 13.5. The van der Waals surface area contributed by atoms with Crippen LogP contribution in [0.4, 0.5) is 5.69 Å². The van der Waals surface area contributed by atoms with Gasteiger partial charge >= 0.3 is 5.97 Å². The highest BCUT2D eigenvalue weighted by molar-refractivity contribution is 6.24. The van der Waals surface area contributed by atoms with Gasteiger partial charge in [-0.1, -0.05) is 54.9 Å². The van der Waals surface area contributed by atoms with E-state index in [1.165, 1.54) is 0 Å². The molecule has 6 heteroatoms. The van der Waals surface area contributed by atoms with Crippen LogP contribution in [0.15, 0.2) is 76.5 Å². The highest BCUT2D eigenvalue weighted by Gasteiger charge is 2.46. The van der Waals surface area contributed by atoms with Crippen molar-refractivity contribution in [1.82, 2.24) is 0 Å². The number of ether oxygens (including phenoxy) is 1. The maximum Gasteiger partial charge on any atom is 0.335 e. The predicted molar refractivity (Wildman–Crippen MR) is 158 cm³/mol. The minimum atomic E-state index is -0.974. The number of carboxylic acid groups (broad SMARTS) is 1. The fraction of sp³-hybridized carbons (Fsp3) is 0.441. The molecule has 2 heterocycles. The number of nitrogens with zero attached hydrogens (tertiary/aromatic N) is 1. The van der Waals surface area contributed by atoms with E-state index in [0.717, 1.165) is 53.4 Å². The standard InChI is InChI=1S/C34H41NO5/c1-10-11-14-35-25-13-12-21(31(38)39)18-24(25)34(8,9)26(35)19-23-29(36)22(30(23)37)15-20-16-27(32(2,3)4)40-28(17-20)33(5,6)7/h12-13,15-19H,10-11,14H2,1-9H3,(H-,36,37,38,39)/p+1. The summed E-state index contributed by atoms with van der Waals surface area (Å²) >= 11 is 0. The molecule has 0 aromatic heterocycles. The molecule has 0 saturated heterocycles. The summed E-state index contributed by atoms with van der Waals surface area (Å²) in [4.78, 5) is 25.1. The van der Waals surface area contributed by atoms with Crippen molar-refractivity contribution in [2.24, 2.45) is 10.8 Å². The zero-order valence-electron chi connectivity index (χ0n) is 25.2. The monoisotopic (exact) mass is 544 g/mol. The fourth-order valence-electron chi connectivity index (χ4n) is 5.18. The lowest BCUT2D eigenvalue weighted by atomic mass is 9.78. The SMILES string of the molecule is CCCC[N+]1=C(C=C2C(=O)C(C=C3C=C(C(C)(C)C)OC(C(C)(C)C)=C3)=C2O)C(C)(C)c2cc(C(=O)O)ccc21. The first-order chi connectivity index (χ1) is 18.5. The molecule has 0 fully saturated rings. The second-order valence-corrected chi connectivity index (χ2v) is 13.5. The molecular formula is C34H42NO5+. The molecule has 0 radical (unpaired) electrons. The number of aromatic carboxylic acids is 1. The number of Topliss-reactive ketones (excluding diaryl/α,β-unsaturated/α-hetero) is 1. The summed E-state index contributed by atoms with van der Waals surface area (Å²) in [6.45, 7) is 19.4. The highest BCUT2D eigenvalue weighted by Crippen LogP contribution is 2.43. The number of carbonyl (C=O) groups excluding carboxylic acids is 1. The molecule has 1 aromatic carbocycles. The molecule has 212 valence electrons. The Bertz CT molecular complexity index is 1440. The van der Waals surface area contributed by atoms with Crippen LogP contribution in [0.5, 0.6) is 0 Å². The normalized spacial score (nSPS) is 19.8. The van der Waals surface area contributed by atoms with Gasteiger partial charge in [0, 0.05) is 35.0 Å². The number of aliphatic hydroxyl groups excluding tert-OH is 1. The Hall–Kier alpha value is -3.67. The number of aliphatic hydroxyl groups is 1. The summed E-state index contributed by atoms with van der Waals surface area (Å²) in [6, 6.07) is 5.19. The average Bonchev–Trinajstić information content (AvgIpc) is 3.08. The molecule has 2 N–H and O–H groups in total. The van der Waals surface area contributed by atoms with E-state index in [2.05, 4.69) is 53.0 Å². The third-order valence-electron chi connectivity index (χ3n) is 7.76. The lowest BCUT2D eigenvalue weighted by Crippen LogP contribution is -2.31. The number of ketones is 1. The number of carbonyl (C=O) groups is 2. The molecule has 0 bridgehead atoms. The van der Waals surface area contributed by atoms with Crippen molar-refractivity contribution in [3.63, 3.8) is 0 Å². The molecule has 1 aliphatic carbocycles. The number of benzene rings is 1. The molecule has 40 heavy (non-hydrogen) atoms. The second kappa shape index (κ2) is 10.1. The van der Waals surface area contributed by atoms with E-state index in [4.69, 9.17) is 4.74 Å². The Morgan fingerprint density at radius 2 is 1.62 bits per heavy atom. The zero-order valence-corrected chi connectivity index (χ0v) is 25.2. The first-order valence-electron chi connectivity index (χ1n) is 14.0. The van der Waals surface area contributed by atoms with Crippen LogP contribution in [0.3, 0.4) is 0 Å². The number of carboxylic acids is 1. The van der Waals surface area contributed by atoms with Crippen LogP contribution in [0.25, 0.3) is 0 Å². The van der Waals surface area contributed by atoms with Crippen LogP contribution in [0.2, 0.25) is 0 Å². The number of hydrogen-bond acceptors (Lipinski definition) is 4. The Balaban J connectivity index is 1.79. The van der Waals surface area contributed by atoms with Crippen molar-refractivity contribution in [2.75, 3.05) is 6.54 Å². The molecule has 4 rings (SSSR count). The maximum atomic E-state index is 13.4. The van der Waals surface area contributed by atoms with E-state index in [1.807, 2.05) is 32.1 Å². The van der Waals surface area contributed by atoms with E-state index in [-0.39, 0.29) is 39.1 Å². The van der Waals surface area contributed by atoms with Gasteiger partial charge in [0.15, 0.2) is 5.71 Å². The van der Waals surface area contributed by atoms with E-state index >= 15 is 0 Å². The van der Waals surface area contributed by atoms with Crippen LogP contribution in [-0.2, 0) is 14.9 Å². The number of hydrogen-bond donors (Lipinski definition) is 2. The zero-order chi connectivity index (χ0) is 29.8. The number of rotatable bonds is 6. The molecule has 0 amide bonds. The molecule has 2 aliphatic heterocycles. The Morgan fingerprint density at radius 3 is 2.12 bits per heavy atom. The minimum absolute atomic E-state index is 0.0265. The van der Waals surface area contributed by atoms with Gasteiger partial charge in [0.05, 0.1) is 22.1 Å². The van der Waals surface area contributed by atoms with Crippen LogP contribution >= 0.6 is 0 Å². The molecule has 6 nitrogen and oxygen atoms in total. The van der Waals surface area contributed by atoms with E-state index in [0.29, 0.717) is 0 Å². The van der Waals surface area contributed by atoms with Gasteiger partial charge in [-0.25, -0.2) is 4.79 Å². The topological polar surface area (TPSA) is 86.8 Å². The predicted octanol–water partition coefficient (Wildman–Crippen LogP) is 7.70. The average molecular weight is 545 g/mol. The minimum Gasteiger partial charge on any atom is -0.506 e. The Labute approximate surface area is 237 Å². The molecule has 1 aromatic rings. The van der Waals surface area contributed by atoms with Gasteiger partial charge in [0.1, 0.15) is 23.8 Å². The van der Waals surface area contributed by atoms with Crippen LogP contribution in [0.1, 0.15) is 91.1 Å². The number of allylic oxidation sites excluding steroid dienone is 9. The van der Waals surface area contributed by atoms with Crippen molar-refractivity contribution >= 4 is 23.2 Å². The molecule has 0 spiro atoms. The highest BCUT2D eigenvalue weighted by atomic mass is 16.5. The lowest BCUT2D eigenvalue weighted by Gasteiger charge is -2.33. The van der Waals surface area contributed by atoms with Crippen molar-refractivity contribution in [2.45, 2.75) is 80.6 Å². The Morgan fingerprint density at radius 1 is 1.02 bits per heavy atom. The van der Waals surface area contributed by atoms with Gasteiger partial charge in [-0.05, 0) is 49.8 Å². The lowest BCUT2D eigenvalue weighted by molar-refractivity contribution is -0.438. The van der Waals surface area contributed by atoms with Crippen LogP contribution in [0, 0.1) is 10.8 Å². The summed E-state index contributed by atoms with van der Waals surface area (Å²) in [7, 11) is 0. The summed E-state index contributed by atoms with van der Waals surface area (Å²) in [6.07, 6.45) is 9.31. The largest absolute Gasteiger partial charge is 0.506 e. The van der Waals surface area contributed by atoms with Gasteiger partial charge in [-0.15, -0.1) is 0 Å². The van der Waals surface area contributed by atoms with E-state index in [1.54, 1.807) is 24.3 Å². The van der Waals surface area contributed by atoms with Gasteiger partial charge in [0.2, 0.25) is 11.5 Å². The van der Waals surface area contributed by atoms with Crippen molar-refractivity contribution in [3.05, 3.63) is 87.6 Å². The quantitative estimate of drug-likeness (QED) is 0.283. The molecule has 0 unspecified atom stereocenters. The smallest absolute Gasteiger partial charge is 0.335 e. The molecular weight excluding hydrogens is 502 g/mol. The summed E-state index contributed by atoms with van der Waals surface area (Å²) in [5, 5.41) is 20.7. The third-order valence-corrected chi connectivity index (χ3v) is 7.76. The first-order valence-corrected chi connectivity index (χ1v) is 14.0. The van der Waals surface area contributed by atoms with Crippen molar-refractivity contribution in [3.8, 4) is 0 Å². The van der Waals surface area contributed by atoms with Gasteiger partial charge < -0.3 is 14.9 Å².